The summed E-state index contributed by atoms with van der Waals surface area (Å²) < 4.78 is 0. The Hall–Kier alpha value is -0.570. The van der Waals surface area contributed by atoms with Crippen molar-refractivity contribution in [1.82, 2.24) is 10.2 Å². The molecule has 2 aliphatic rings. The van der Waals surface area contributed by atoms with E-state index in [9.17, 15) is 4.79 Å². The molecule has 13 heavy (non-hydrogen) atoms. The Morgan fingerprint density at radius 1 is 1.54 bits per heavy atom. The molecule has 2 aliphatic heterocycles. The zero-order valence-corrected chi connectivity index (χ0v) is 8.47. The van der Waals surface area contributed by atoms with Crippen LogP contribution < -0.4 is 5.32 Å². The molecule has 1 unspecified atom stereocenters. The summed E-state index contributed by atoms with van der Waals surface area (Å²) in [7, 11) is 0. The summed E-state index contributed by atoms with van der Waals surface area (Å²) in [5.74, 6) is 0.561. The van der Waals surface area contributed by atoms with Crippen LogP contribution in [0, 0.1) is 11.3 Å². The lowest BCUT2D eigenvalue weighted by Gasteiger charge is -2.56. The second-order valence-corrected chi connectivity index (χ2v) is 4.61. The number of nitrogens with one attached hydrogen (secondary N) is 1. The van der Waals surface area contributed by atoms with Crippen LogP contribution in [0.1, 0.15) is 20.3 Å². The molecule has 0 aromatic rings. The quantitative estimate of drug-likeness (QED) is 0.673. The van der Waals surface area contributed by atoms with Gasteiger partial charge in [-0.15, -0.1) is 0 Å². The summed E-state index contributed by atoms with van der Waals surface area (Å²) in [6.45, 7) is 8.29. The van der Waals surface area contributed by atoms with Crippen molar-refractivity contribution < 1.29 is 4.79 Å². The fraction of sp³-hybridized carbons (Fsp3) is 0.900. The highest BCUT2D eigenvalue weighted by Gasteiger charge is 2.49. The highest BCUT2D eigenvalue weighted by atomic mass is 16.2. The van der Waals surface area contributed by atoms with Crippen LogP contribution in [0.3, 0.4) is 0 Å². The van der Waals surface area contributed by atoms with E-state index in [4.69, 9.17) is 0 Å². The summed E-state index contributed by atoms with van der Waals surface area (Å²) in [6.07, 6.45) is 0.959. The van der Waals surface area contributed by atoms with E-state index in [0.717, 1.165) is 32.6 Å². The summed E-state index contributed by atoms with van der Waals surface area (Å²) in [4.78, 5) is 13.7. The van der Waals surface area contributed by atoms with Crippen LogP contribution in [0.2, 0.25) is 0 Å². The number of carbonyl (C=O) groups excluding carboxylic acids is 1. The van der Waals surface area contributed by atoms with Crippen LogP contribution in [-0.4, -0.2) is 37.0 Å². The number of hydrogen-bond donors (Lipinski definition) is 1. The predicted octanol–water partition coefficient (Wildman–Crippen LogP) is 0.464. The molecule has 74 valence electrons. The van der Waals surface area contributed by atoms with Crippen LogP contribution in [0.5, 0.6) is 0 Å². The standard InChI is InChI=1S/C10H18N2O/c1-3-8(2)9(13)12-6-10(7-12)4-11-5-10/h8,11H,3-7H2,1-2H3. The first-order chi connectivity index (χ1) is 6.17. The zero-order chi connectivity index (χ0) is 9.47. The maximum atomic E-state index is 11.7. The molecule has 1 N–H and O–H groups in total. The van der Waals surface area contributed by atoms with Gasteiger partial charge in [-0.3, -0.25) is 4.79 Å². The smallest absolute Gasteiger partial charge is 0.225 e. The first-order valence-corrected chi connectivity index (χ1v) is 5.16. The largest absolute Gasteiger partial charge is 0.341 e. The van der Waals surface area contributed by atoms with Gasteiger partial charge in [0.05, 0.1) is 0 Å². The predicted molar refractivity (Wildman–Crippen MR) is 51.3 cm³/mol. The van der Waals surface area contributed by atoms with Gasteiger partial charge in [-0.2, -0.15) is 0 Å². The number of hydrogen-bond acceptors (Lipinski definition) is 2. The summed E-state index contributed by atoms with van der Waals surface area (Å²) >= 11 is 0. The van der Waals surface area contributed by atoms with Crippen LogP contribution in [0.25, 0.3) is 0 Å². The van der Waals surface area contributed by atoms with Crippen molar-refractivity contribution in [3.63, 3.8) is 0 Å². The Morgan fingerprint density at radius 2 is 2.15 bits per heavy atom. The Morgan fingerprint density at radius 3 is 2.54 bits per heavy atom. The average Bonchev–Trinajstić information content (AvgIpc) is 1.97. The van der Waals surface area contributed by atoms with E-state index in [1.807, 2.05) is 11.8 Å². The third-order valence-corrected chi connectivity index (χ3v) is 3.40. The van der Waals surface area contributed by atoms with Crippen molar-refractivity contribution in [2.75, 3.05) is 26.2 Å². The minimum absolute atomic E-state index is 0.213. The number of amides is 1. The van der Waals surface area contributed by atoms with E-state index in [1.165, 1.54) is 0 Å². The van der Waals surface area contributed by atoms with Gasteiger partial charge in [0, 0.05) is 37.5 Å². The summed E-state index contributed by atoms with van der Waals surface area (Å²) in [6, 6.07) is 0. The molecule has 0 radical (unpaired) electrons. The van der Waals surface area contributed by atoms with E-state index < -0.39 is 0 Å². The maximum absolute atomic E-state index is 11.7. The molecule has 0 aromatic heterocycles. The van der Waals surface area contributed by atoms with Gasteiger partial charge in [0.1, 0.15) is 0 Å². The molecule has 0 saturated carbocycles. The lowest BCUT2D eigenvalue weighted by Crippen LogP contribution is -2.72. The average molecular weight is 182 g/mol. The van der Waals surface area contributed by atoms with Gasteiger partial charge in [-0.1, -0.05) is 13.8 Å². The van der Waals surface area contributed by atoms with Gasteiger partial charge in [0.15, 0.2) is 0 Å². The molecule has 2 saturated heterocycles. The normalized spacial score (nSPS) is 26.5. The minimum atomic E-state index is 0.213. The topological polar surface area (TPSA) is 32.3 Å². The third-order valence-electron chi connectivity index (χ3n) is 3.40. The molecule has 2 rings (SSSR count). The fourth-order valence-corrected chi connectivity index (χ4v) is 2.11. The van der Waals surface area contributed by atoms with Crippen LogP contribution in [0.4, 0.5) is 0 Å². The fourth-order valence-electron chi connectivity index (χ4n) is 2.11. The van der Waals surface area contributed by atoms with Crippen LogP contribution >= 0.6 is 0 Å². The first-order valence-electron chi connectivity index (χ1n) is 5.16. The molecule has 1 atom stereocenters. The molecule has 3 nitrogen and oxygen atoms in total. The van der Waals surface area contributed by atoms with Crippen molar-refractivity contribution in [1.29, 1.82) is 0 Å². The SMILES string of the molecule is CCC(C)C(=O)N1CC2(CNC2)C1. The summed E-state index contributed by atoms with van der Waals surface area (Å²) in [5, 5.41) is 3.27. The van der Waals surface area contributed by atoms with Crippen LogP contribution in [-0.2, 0) is 4.79 Å². The lowest BCUT2D eigenvalue weighted by atomic mass is 9.74. The molecule has 0 bridgehead atoms. The number of likely N-dealkylation sites (tertiary alicyclic amines) is 1. The molecule has 1 amide bonds. The van der Waals surface area contributed by atoms with Crippen molar-refractivity contribution in [3.8, 4) is 0 Å². The lowest BCUT2D eigenvalue weighted by molar-refractivity contribution is -0.150. The Balaban J connectivity index is 1.82. The molecule has 0 aliphatic carbocycles. The second-order valence-electron chi connectivity index (χ2n) is 4.61. The van der Waals surface area contributed by atoms with Crippen molar-refractivity contribution in [2.24, 2.45) is 11.3 Å². The number of rotatable bonds is 2. The molecular weight excluding hydrogens is 164 g/mol. The molecule has 0 aromatic carbocycles. The number of nitrogens with zero attached hydrogens (tertiary/aromatic N) is 1. The Kier molecular flexibility index (Phi) is 2.06. The van der Waals surface area contributed by atoms with Gasteiger partial charge in [0.2, 0.25) is 5.91 Å². The molecule has 1 spiro atoms. The van der Waals surface area contributed by atoms with Gasteiger partial charge >= 0.3 is 0 Å². The van der Waals surface area contributed by atoms with Gasteiger partial charge in [0.25, 0.3) is 0 Å². The van der Waals surface area contributed by atoms with Gasteiger partial charge < -0.3 is 10.2 Å². The minimum Gasteiger partial charge on any atom is -0.341 e. The van der Waals surface area contributed by atoms with E-state index in [1.54, 1.807) is 0 Å². The van der Waals surface area contributed by atoms with E-state index in [0.29, 0.717) is 11.3 Å². The Labute approximate surface area is 79.5 Å². The highest BCUT2D eigenvalue weighted by Crippen LogP contribution is 2.34. The van der Waals surface area contributed by atoms with Gasteiger partial charge in [-0.05, 0) is 6.42 Å². The van der Waals surface area contributed by atoms with E-state index >= 15 is 0 Å². The zero-order valence-electron chi connectivity index (χ0n) is 8.47. The molecule has 2 fully saturated rings. The first kappa shape index (κ1) is 9.00. The third kappa shape index (κ3) is 1.35. The van der Waals surface area contributed by atoms with E-state index in [-0.39, 0.29) is 5.92 Å². The molecule has 3 heteroatoms. The molecule has 2 heterocycles. The summed E-state index contributed by atoms with van der Waals surface area (Å²) in [5.41, 5.74) is 0.475. The second kappa shape index (κ2) is 2.98. The van der Waals surface area contributed by atoms with Gasteiger partial charge in [-0.25, -0.2) is 0 Å². The maximum Gasteiger partial charge on any atom is 0.225 e. The van der Waals surface area contributed by atoms with Crippen LogP contribution in [0.15, 0.2) is 0 Å². The number of carbonyl (C=O) groups is 1. The van der Waals surface area contributed by atoms with E-state index in [2.05, 4.69) is 12.2 Å². The van der Waals surface area contributed by atoms with Crippen molar-refractivity contribution in [2.45, 2.75) is 20.3 Å². The van der Waals surface area contributed by atoms with Crippen molar-refractivity contribution in [3.05, 3.63) is 0 Å². The Bertz CT molecular complexity index is 215. The molecular formula is C10H18N2O. The highest BCUT2D eigenvalue weighted by molar-refractivity contribution is 5.79. The monoisotopic (exact) mass is 182 g/mol. The van der Waals surface area contributed by atoms with Crippen molar-refractivity contribution >= 4 is 5.91 Å².